The number of carbonyl (C=O) groups excluding carboxylic acids is 2. The quantitative estimate of drug-likeness (QED) is 0.506. The van der Waals surface area contributed by atoms with Gasteiger partial charge in [-0.25, -0.2) is 0 Å². The molecule has 150 valence electrons. The van der Waals surface area contributed by atoms with E-state index >= 15 is 0 Å². The second-order valence-electron chi connectivity index (χ2n) is 7.52. The summed E-state index contributed by atoms with van der Waals surface area (Å²) in [7, 11) is 0. The van der Waals surface area contributed by atoms with E-state index in [0.29, 0.717) is 24.2 Å². The van der Waals surface area contributed by atoms with Crippen molar-refractivity contribution in [1.29, 1.82) is 0 Å². The van der Waals surface area contributed by atoms with Crippen LogP contribution in [0.15, 0.2) is 60.8 Å². The Kier molecular flexibility index (Phi) is 4.29. The Morgan fingerprint density at radius 2 is 1.70 bits per heavy atom. The van der Waals surface area contributed by atoms with Crippen LogP contribution in [0.25, 0.3) is 33.1 Å². The minimum Gasteiger partial charge on any atom is -0.396 e. The summed E-state index contributed by atoms with van der Waals surface area (Å²) in [5.41, 5.74) is 4.19. The van der Waals surface area contributed by atoms with Crippen LogP contribution in [0.4, 0.5) is 0 Å². The smallest absolute Gasteiger partial charge is 0.275 e. The van der Waals surface area contributed by atoms with Gasteiger partial charge in [-0.3, -0.25) is 14.9 Å². The Balaban J connectivity index is 1.82. The first-order valence-corrected chi connectivity index (χ1v) is 9.96. The van der Waals surface area contributed by atoms with Crippen LogP contribution in [0.5, 0.6) is 0 Å². The van der Waals surface area contributed by atoms with Crippen LogP contribution in [-0.2, 0) is 16.1 Å². The fraction of sp³-hybridized carbons (Fsp3) is 0.167. The highest BCUT2D eigenvalue weighted by molar-refractivity contribution is 6.47. The van der Waals surface area contributed by atoms with E-state index in [2.05, 4.69) is 5.32 Å². The second-order valence-corrected chi connectivity index (χ2v) is 7.52. The monoisotopic (exact) mass is 399 g/mol. The van der Waals surface area contributed by atoms with Crippen molar-refractivity contribution in [2.24, 2.45) is 0 Å². The van der Waals surface area contributed by atoms with Crippen molar-refractivity contribution >= 4 is 44.9 Å². The summed E-state index contributed by atoms with van der Waals surface area (Å²) in [5.74, 6) is -0.788. The molecule has 0 bridgehead atoms. The van der Waals surface area contributed by atoms with Crippen LogP contribution in [0.1, 0.15) is 17.7 Å². The Hall–Kier alpha value is -3.64. The number of fused-ring (bicyclic) bond motifs is 2. The van der Waals surface area contributed by atoms with Gasteiger partial charge in [0.2, 0.25) is 0 Å². The first kappa shape index (κ1) is 18.4. The molecule has 0 saturated carbocycles. The number of aliphatic hydroxyl groups is 1. The molecule has 2 N–H and O–H groups in total. The molecule has 2 aromatic heterocycles. The van der Waals surface area contributed by atoms with Gasteiger partial charge >= 0.3 is 0 Å². The number of aryl methyl sites for hydroxylation is 2. The van der Waals surface area contributed by atoms with Crippen LogP contribution in [-0.4, -0.2) is 32.7 Å². The zero-order valence-corrected chi connectivity index (χ0v) is 16.6. The first-order chi connectivity index (χ1) is 14.6. The van der Waals surface area contributed by atoms with E-state index in [4.69, 9.17) is 0 Å². The largest absolute Gasteiger partial charge is 0.396 e. The maximum atomic E-state index is 13.0. The van der Waals surface area contributed by atoms with Crippen molar-refractivity contribution < 1.29 is 14.7 Å². The molecule has 5 rings (SSSR count). The fourth-order valence-electron chi connectivity index (χ4n) is 4.37. The summed E-state index contributed by atoms with van der Waals surface area (Å²) >= 11 is 0. The number of carbonyl (C=O) groups is 2. The van der Waals surface area contributed by atoms with Gasteiger partial charge in [0, 0.05) is 46.9 Å². The van der Waals surface area contributed by atoms with Crippen LogP contribution >= 0.6 is 0 Å². The Morgan fingerprint density at radius 3 is 2.50 bits per heavy atom. The predicted molar refractivity (Wildman–Crippen MR) is 117 cm³/mol. The lowest BCUT2D eigenvalue weighted by atomic mass is 10.0. The summed E-state index contributed by atoms with van der Waals surface area (Å²) in [6.45, 7) is 2.65. The molecule has 0 radical (unpaired) electrons. The van der Waals surface area contributed by atoms with Gasteiger partial charge in [0.15, 0.2) is 0 Å². The number of amides is 2. The molecule has 0 aliphatic carbocycles. The average Bonchev–Trinajstić information content (AvgIpc) is 3.36. The maximum Gasteiger partial charge on any atom is 0.275 e. The molecule has 2 amide bonds. The molecule has 0 unspecified atom stereocenters. The average molecular weight is 399 g/mol. The highest BCUT2D eigenvalue weighted by Crippen LogP contribution is 2.36. The molecule has 1 aliphatic heterocycles. The number of benzene rings is 2. The Bertz CT molecular complexity index is 1360. The lowest BCUT2D eigenvalue weighted by molar-refractivity contribution is -0.122. The summed E-state index contributed by atoms with van der Waals surface area (Å²) < 4.78 is 3.90. The number of nitrogens with one attached hydrogen (secondary N) is 1. The summed E-state index contributed by atoms with van der Waals surface area (Å²) in [6.07, 6.45) is 2.52. The third-order valence-corrected chi connectivity index (χ3v) is 5.64. The van der Waals surface area contributed by atoms with E-state index in [-0.39, 0.29) is 6.61 Å². The number of para-hydroxylation sites is 2. The number of rotatable bonds is 5. The van der Waals surface area contributed by atoms with E-state index in [1.165, 1.54) is 0 Å². The Labute approximate surface area is 173 Å². The van der Waals surface area contributed by atoms with Crippen LogP contribution in [0.3, 0.4) is 0 Å². The van der Waals surface area contributed by atoms with Gasteiger partial charge in [0.25, 0.3) is 11.8 Å². The van der Waals surface area contributed by atoms with Crippen LogP contribution in [0.2, 0.25) is 0 Å². The molecular weight excluding hydrogens is 378 g/mol. The minimum absolute atomic E-state index is 0.0866. The third-order valence-electron chi connectivity index (χ3n) is 5.64. The lowest BCUT2D eigenvalue weighted by Gasteiger charge is -2.09. The van der Waals surface area contributed by atoms with Crippen molar-refractivity contribution in [3.8, 4) is 0 Å². The zero-order valence-electron chi connectivity index (χ0n) is 16.6. The minimum atomic E-state index is -0.397. The van der Waals surface area contributed by atoms with Crippen molar-refractivity contribution in [2.75, 3.05) is 6.61 Å². The van der Waals surface area contributed by atoms with E-state index < -0.39 is 11.8 Å². The molecule has 0 fully saturated rings. The number of hydrogen-bond donors (Lipinski definition) is 2. The summed E-state index contributed by atoms with van der Waals surface area (Å²) in [4.78, 5) is 25.9. The van der Waals surface area contributed by atoms with Crippen molar-refractivity contribution in [1.82, 2.24) is 14.5 Å². The SMILES string of the molecule is Cc1cc2ccccc2n1C1=C(c2cn(CCCO)c3ccccc23)C(=O)NC1=O. The first-order valence-electron chi connectivity index (χ1n) is 9.96. The molecule has 6 heteroatoms. The van der Waals surface area contributed by atoms with Gasteiger partial charge in [-0.05, 0) is 31.5 Å². The predicted octanol–water partition coefficient (Wildman–Crippen LogP) is 3.31. The maximum absolute atomic E-state index is 13.0. The van der Waals surface area contributed by atoms with E-state index in [0.717, 1.165) is 33.1 Å². The van der Waals surface area contributed by atoms with Crippen LogP contribution < -0.4 is 5.32 Å². The van der Waals surface area contributed by atoms with Crippen molar-refractivity contribution in [3.63, 3.8) is 0 Å². The molecule has 0 saturated heterocycles. The molecule has 30 heavy (non-hydrogen) atoms. The highest BCUT2D eigenvalue weighted by atomic mass is 16.3. The molecule has 6 nitrogen and oxygen atoms in total. The fourth-order valence-corrected chi connectivity index (χ4v) is 4.37. The van der Waals surface area contributed by atoms with Gasteiger partial charge in [-0.1, -0.05) is 36.4 Å². The lowest BCUT2D eigenvalue weighted by Crippen LogP contribution is -2.23. The molecule has 1 aliphatic rings. The molecule has 2 aromatic carbocycles. The summed E-state index contributed by atoms with van der Waals surface area (Å²) in [6, 6.07) is 17.7. The Morgan fingerprint density at radius 1 is 0.967 bits per heavy atom. The van der Waals surface area contributed by atoms with Gasteiger partial charge < -0.3 is 14.2 Å². The van der Waals surface area contributed by atoms with Crippen LogP contribution in [0, 0.1) is 6.92 Å². The second kappa shape index (κ2) is 7.00. The third kappa shape index (κ3) is 2.69. The van der Waals surface area contributed by atoms with E-state index in [9.17, 15) is 14.7 Å². The summed E-state index contributed by atoms with van der Waals surface area (Å²) in [5, 5.41) is 13.7. The van der Waals surface area contributed by atoms with Gasteiger partial charge in [-0.2, -0.15) is 0 Å². The number of imide groups is 1. The number of nitrogens with zero attached hydrogens (tertiary/aromatic N) is 2. The number of aromatic nitrogens is 2. The molecule has 4 aromatic rings. The van der Waals surface area contributed by atoms with Gasteiger partial charge in [0.1, 0.15) is 5.70 Å². The molecule has 0 spiro atoms. The van der Waals surface area contributed by atoms with E-state index in [1.807, 2.05) is 76.9 Å². The van der Waals surface area contributed by atoms with Gasteiger partial charge in [-0.15, -0.1) is 0 Å². The zero-order chi connectivity index (χ0) is 20.8. The van der Waals surface area contributed by atoms with Gasteiger partial charge in [0.05, 0.1) is 11.1 Å². The molecule has 3 heterocycles. The standard InChI is InChI=1S/C24H21N3O3/c1-15-13-16-7-2-4-9-19(16)27(15)22-21(23(29)25-24(22)30)18-14-26(11-6-12-28)20-10-5-3-8-17(18)20/h2-5,7-10,13-14,28H,6,11-12H2,1H3,(H,25,29,30). The van der Waals surface area contributed by atoms with Crippen molar-refractivity contribution in [3.05, 3.63) is 72.1 Å². The number of hydrogen-bond acceptors (Lipinski definition) is 3. The van der Waals surface area contributed by atoms with Crippen molar-refractivity contribution in [2.45, 2.75) is 19.9 Å². The molecule has 0 atom stereocenters. The highest BCUT2D eigenvalue weighted by Gasteiger charge is 2.35. The normalized spacial score (nSPS) is 14.3. The topological polar surface area (TPSA) is 76.3 Å². The molecular formula is C24H21N3O3. The number of aliphatic hydroxyl groups excluding tert-OH is 1. The van der Waals surface area contributed by atoms with E-state index in [1.54, 1.807) is 0 Å².